The molecule has 0 bridgehead atoms. The second kappa shape index (κ2) is 14.3. The number of aliphatic carboxylic acids is 2. The molecule has 0 heterocycles. The third-order valence-electron chi connectivity index (χ3n) is 4.29. The Bertz CT molecular complexity index is 612. The van der Waals surface area contributed by atoms with Crippen molar-refractivity contribution < 1.29 is 34.2 Å². The van der Waals surface area contributed by atoms with Crippen LogP contribution in [0.2, 0.25) is 0 Å². The maximum atomic E-state index is 12.7. The molecule has 3 amide bonds. The summed E-state index contributed by atoms with van der Waals surface area (Å²) >= 11 is 0. The Morgan fingerprint density at radius 2 is 1.40 bits per heavy atom. The molecule has 0 aromatic heterocycles. The van der Waals surface area contributed by atoms with E-state index >= 15 is 0 Å². The van der Waals surface area contributed by atoms with Crippen molar-refractivity contribution in [1.82, 2.24) is 16.0 Å². The zero-order valence-electron chi connectivity index (χ0n) is 17.3. The monoisotopic (exact) mass is 431 g/mol. The first-order chi connectivity index (χ1) is 14.0. The van der Waals surface area contributed by atoms with Crippen LogP contribution in [-0.2, 0) is 24.0 Å². The Labute approximate surface area is 175 Å². The second-order valence-corrected chi connectivity index (χ2v) is 7.22. The molecule has 0 spiro atoms. The van der Waals surface area contributed by atoms with Crippen LogP contribution in [0, 0.1) is 5.92 Å². The molecule has 0 radical (unpaired) electrons. The van der Waals surface area contributed by atoms with Crippen LogP contribution in [0.3, 0.4) is 0 Å². The summed E-state index contributed by atoms with van der Waals surface area (Å²) in [6, 6.07) is -3.18. The minimum Gasteiger partial charge on any atom is -0.481 e. The van der Waals surface area contributed by atoms with Gasteiger partial charge in [-0.3, -0.25) is 24.0 Å². The van der Waals surface area contributed by atoms with E-state index in [4.69, 9.17) is 21.7 Å². The quantitative estimate of drug-likeness (QED) is 0.144. The third kappa shape index (κ3) is 11.3. The normalized spacial score (nSPS) is 13.8. The van der Waals surface area contributed by atoms with Gasteiger partial charge in [0.1, 0.15) is 18.6 Å². The van der Waals surface area contributed by atoms with E-state index in [0.29, 0.717) is 19.4 Å². The second-order valence-electron chi connectivity index (χ2n) is 7.22. The first-order valence-electron chi connectivity index (χ1n) is 9.77. The summed E-state index contributed by atoms with van der Waals surface area (Å²) in [6.45, 7) is 3.19. The minimum atomic E-state index is -1.25. The minimum absolute atomic E-state index is 0.194. The van der Waals surface area contributed by atoms with E-state index in [1.165, 1.54) is 0 Å². The van der Waals surface area contributed by atoms with Crippen molar-refractivity contribution in [2.24, 2.45) is 17.4 Å². The molecule has 9 N–H and O–H groups in total. The first kappa shape index (κ1) is 27.3. The van der Waals surface area contributed by atoms with Gasteiger partial charge in [-0.05, 0) is 38.1 Å². The first-order valence-corrected chi connectivity index (χ1v) is 9.77. The van der Waals surface area contributed by atoms with Gasteiger partial charge < -0.3 is 37.6 Å². The van der Waals surface area contributed by atoms with Crippen molar-refractivity contribution in [1.29, 1.82) is 0 Å². The molecular formula is C18H33N5O7. The SMILES string of the molecule is CC(C)C(N)C(=O)NC(CCC(=O)O)C(=O)NC(CCCCN)C(=O)NCC(=O)O. The molecule has 0 saturated heterocycles. The molecule has 0 aliphatic heterocycles. The van der Waals surface area contributed by atoms with E-state index in [1.807, 2.05) is 0 Å². The number of nitrogens with one attached hydrogen (secondary N) is 3. The molecule has 30 heavy (non-hydrogen) atoms. The van der Waals surface area contributed by atoms with Crippen molar-refractivity contribution in [2.75, 3.05) is 13.1 Å². The predicted molar refractivity (Wildman–Crippen MR) is 107 cm³/mol. The van der Waals surface area contributed by atoms with Crippen LogP contribution in [0.25, 0.3) is 0 Å². The van der Waals surface area contributed by atoms with Gasteiger partial charge in [-0.1, -0.05) is 13.8 Å². The fourth-order valence-electron chi connectivity index (χ4n) is 2.43. The van der Waals surface area contributed by atoms with Crippen LogP contribution in [0.4, 0.5) is 0 Å². The van der Waals surface area contributed by atoms with E-state index < -0.39 is 60.8 Å². The molecule has 3 atom stereocenters. The van der Waals surface area contributed by atoms with E-state index in [1.54, 1.807) is 13.8 Å². The van der Waals surface area contributed by atoms with Crippen molar-refractivity contribution in [3.8, 4) is 0 Å². The molecule has 0 fully saturated rings. The number of hydrogen-bond donors (Lipinski definition) is 7. The summed E-state index contributed by atoms with van der Waals surface area (Å²) in [5.41, 5.74) is 11.2. The standard InChI is InChI=1S/C18H33N5O7/c1-10(2)15(20)18(30)23-12(6-7-13(24)25)17(29)22-11(5-3-4-8-19)16(28)21-9-14(26)27/h10-12,15H,3-9,19-20H2,1-2H3,(H,21,28)(H,22,29)(H,23,30)(H,24,25)(H,26,27). The molecule has 0 saturated carbocycles. The highest BCUT2D eigenvalue weighted by atomic mass is 16.4. The highest BCUT2D eigenvalue weighted by Crippen LogP contribution is 2.06. The van der Waals surface area contributed by atoms with Crippen LogP contribution >= 0.6 is 0 Å². The molecule has 0 aliphatic rings. The smallest absolute Gasteiger partial charge is 0.322 e. The number of carbonyl (C=O) groups excluding carboxylic acids is 3. The molecule has 0 aromatic carbocycles. The Hall–Kier alpha value is -2.73. The Morgan fingerprint density at radius 3 is 1.90 bits per heavy atom. The lowest BCUT2D eigenvalue weighted by atomic mass is 10.0. The molecular weight excluding hydrogens is 398 g/mol. The van der Waals surface area contributed by atoms with Crippen LogP contribution in [0.1, 0.15) is 46.0 Å². The third-order valence-corrected chi connectivity index (χ3v) is 4.29. The molecule has 12 heteroatoms. The van der Waals surface area contributed by atoms with Gasteiger partial charge in [0.15, 0.2) is 0 Å². The van der Waals surface area contributed by atoms with Crippen LogP contribution in [0.5, 0.6) is 0 Å². The fraction of sp³-hybridized carbons (Fsp3) is 0.722. The van der Waals surface area contributed by atoms with E-state index in [2.05, 4.69) is 16.0 Å². The lowest BCUT2D eigenvalue weighted by Gasteiger charge is -2.24. The number of rotatable bonds is 15. The molecule has 172 valence electrons. The topological polar surface area (TPSA) is 214 Å². The highest BCUT2D eigenvalue weighted by Gasteiger charge is 2.29. The maximum Gasteiger partial charge on any atom is 0.322 e. The summed E-state index contributed by atoms with van der Waals surface area (Å²) < 4.78 is 0. The number of carboxylic acid groups (broad SMARTS) is 2. The fourth-order valence-corrected chi connectivity index (χ4v) is 2.43. The summed E-state index contributed by atoms with van der Waals surface area (Å²) in [6.07, 6.45) is 0.676. The average Bonchev–Trinajstić information content (AvgIpc) is 2.67. The van der Waals surface area contributed by atoms with E-state index in [-0.39, 0.29) is 18.8 Å². The largest absolute Gasteiger partial charge is 0.481 e. The van der Waals surface area contributed by atoms with Crippen molar-refractivity contribution >= 4 is 29.7 Å². The number of carbonyl (C=O) groups is 5. The molecule has 12 nitrogen and oxygen atoms in total. The zero-order valence-corrected chi connectivity index (χ0v) is 17.3. The predicted octanol–water partition coefficient (Wildman–Crippen LogP) is -1.87. The maximum absolute atomic E-state index is 12.7. The number of unbranched alkanes of at least 4 members (excludes halogenated alkanes) is 1. The number of amides is 3. The number of nitrogens with two attached hydrogens (primary N) is 2. The number of hydrogen-bond acceptors (Lipinski definition) is 7. The van der Waals surface area contributed by atoms with E-state index in [9.17, 15) is 24.0 Å². The van der Waals surface area contributed by atoms with Gasteiger partial charge in [-0.25, -0.2) is 0 Å². The van der Waals surface area contributed by atoms with Crippen molar-refractivity contribution in [3.05, 3.63) is 0 Å². The Balaban J connectivity index is 5.29. The number of carboxylic acids is 2. The van der Waals surface area contributed by atoms with Gasteiger partial charge in [0.2, 0.25) is 17.7 Å². The average molecular weight is 431 g/mol. The lowest BCUT2D eigenvalue weighted by molar-refractivity contribution is -0.138. The van der Waals surface area contributed by atoms with Gasteiger partial charge in [-0.15, -0.1) is 0 Å². The zero-order chi connectivity index (χ0) is 23.3. The van der Waals surface area contributed by atoms with Crippen LogP contribution in [0.15, 0.2) is 0 Å². The Morgan fingerprint density at radius 1 is 0.833 bits per heavy atom. The summed E-state index contributed by atoms with van der Waals surface area (Å²) in [5, 5.41) is 24.7. The van der Waals surface area contributed by atoms with Gasteiger partial charge in [-0.2, -0.15) is 0 Å². The van der Waals surface area contributed by atoms with Crippen molar-refractivity contribution in [3.63, 3.8) is 0 Å². The van der Waals surface area contributed by atoms with E-state index in [0.717, 1.165) is 0 Å². The summed E-state index contributed by atoms with van der Waals surface area (Å²) in [7, 11) is 0. The molecule has 0 aliphatic carbocycles. The van der Waals surface area contributed by atoms with Gasteiger partial charge in [0, 0.05) is 6.42 Å². The lowest BCUT2D eigenvalue weighted by Crippen LogP contribution is -2.56. The van der Waals surface area contributed by atoms with Crippen LogP contribution in [-0.4, -0.2) is 71.1 Å². The molecule has 3 unspecified atom stereocenters. The summed E-state index contributed by atoms with van der Waals surface area (Å²) in [4.78, 5) is 58.8. The highest BCUT2D eigenvalue weighted by molar-refractivity contribution is 5.93. The summed E-state index contributed by atoms with van der Waals surface area (Å²) in [5.74, 6) is -4.70. The van der Waals surface area contributed by atoms with Crippen LogP contribution < -0.4 is 27.4 Å². The molecule has 0 rings (SSSR count). The molecule has 0 aromatic rings. The van der Waals surface area contributed by atoms with Gasteiger partial charge in [0.25, 0.3) is 0 Å². The van der Waals surface area contributed by atoms with Gasteiger partial charge >= 0.3 is 11.9 Å². The van der Waals surface area contributed by atoms with Gasteiger partial charge in [0.05, 0.1) is 6.04 Å². The van der Waals surface area contributed by atoms with Crippen molar-refractivity contribution in [2.45, 2.75) is 64.1 Å². The Kier molecular flexibility index (Phi) is 13.0.